The van der Waals surface area contributed by atoms with E-state index in [1.165, 1.54) is 0 Å². The lowest BCUT2D eigenvalue weighted by atomic mass is 9.73. The fourth-order valence-electron chi connectivity index (χ4n) is 3.99. The molecule has 2 aromatic carbocycles. The molecule has 154 valence electrons. The van der Waals surface area contributed by atoms with Crippen LogP contribution < -0.4 is 0 Å². The SMILES string of the molecule is CCc1ccc(-c2c(Cl)cc(Cl)cc2Cl)cc1C1C(=O)C(C)(C)OC(C)(C)C1=O. The van der Waals surface area contributed by atoms with Gasteiger partial charge in [0.05, 0.1) is 10.0 Å². The number of Topliss-reactive ketones (excluding diaryl/α,β-unsaturated/α-hetero) is 2. The summed E-state index contributed by atoms with van der Waals surface area (Å²) in [5, 5.41) is 1.25. The number of ether oxygens (including phenoxy) is 1. The molecule has 6 heteroatoms. The van der Waals surface area contributed by atoms with Crippen LogP contribution in [-0.2, 0) is 20.7 Å². The molecule has 1 heterocycles. The number of halogens is 3. The van der Waals surface area contributed by atoms with E-state index in [1.807, 2.05) is 25.1 Å². The summed E-state index contributed by atoms with van der Waals surface area (Å²) in [6.45, 7) is 8.82. The summed E-state index contributed by atoms with van der Waals surface area (Å²) >= 11 is 18.9. The van der Waals surface area contributed by atoms with Crippen molar-refractivity contribution in [2.75, 3.05) is 0 Å². The van der Waals surface area contributed by atoms with Gasteiger partial charge in [0.25, 0.3) is 0 Å². The van der Waals surface area contributed by atoms with E-state index in [0.717, 1.165) is 11.1 Å². The first kappa shape index (κ1) is 22.3. The van der Waals surface area contributed by atoms with Gasteiger partial charge in [0.1, 0.15) is 17.1 Å². The van der Waals surface area contributed by atoms with Crippen molar-refractivity contribution in [1.82, 2.24) is 0 Å². The highest BCUT2D eigenvalue weighted by Crippen LogP contribution is 2.43. The third kappa shape index (κ3) is 3.98. The number of carbonyl (C=O) groups is 2. The smallest absolute Gasteiger partial charge is 0.179 e. The van der Waals surface area contributed by atoms with Crippen molar-refractivity contribution < 1.29 is 14.3 Å². The molecule has 3 nitrogen and oxygen atoms in total. The average molecular weight is 454 g/mol. The molecule has 0 saturated carbocycles. The van der Waals surface area contributed by atoms with Crippen LogP contribution in [0.15, 0.2) is 30.3 Å². The van der Waals surface area contributed by atoms with Gasteiger partial charge in [-0.25, -0.2) is 0 Å². The Balaban J connectivity index is 2.23. The Hall–Kier alpha value is -1.39. The van der Waals surface area contributed by atoms with Crippen molar-refractivity contribution in [1.29, 1.82) is 0 Å². The molecule has 2 aromatic rings. The van der Waals surface area contributed by atoms with Crippen LogP contribution >= 0.6 is 34.8 Å². The minimum absolute atomic E-state index is 0.248. The van der Waals surface area contributed by atoms with Crippen LogP contribution in [0.2, 0.25) is 15.1 Å². The van der Waals surface area contributed by atoms with Crippen molar-refractivity contribution in [3.05, 3.63) is 56.5 Å². The molecule has 0 spiro atoms. The number of aryl methyl sites for hydroxylation is 1. The number of carbonyl (C=O) groups excluding carboxylic acids is 2. The molecule has 29 heavy (non-hydrogen) atoms. The average Bonchev–Trinajstić information content (AvgIpc) is 2.59. The van der Waals surface area contributed by atoms with E-state index >= 15 is 0 Å². The van der Waals surface area contributed by atoms with E-state index in [0.29, 0.717) is 32.6 Å². The minimum Gasteiger partial charge on any atom is -0.354 e. The number of hydrogen-bond donors (Lipinski definition) is 0. The van der Waals surface area contributed by atoms with E-state index < -0.39 is 17.1 Å². The van der Waals surface area contributed by atoms with Crippen LogP contribution in [0.4, 0.5) is 0 Å². The highest BCUT2D eigenvalue weighted by Gasteiger charge is 2.53. The zero-order valence-electron chi connectivity index (χ0n) is 17.0. The van der Waals surface area contributed by atoms with Crippen LogP contribution in [0.3, 0.4) is 0 Å². The standard InChI is InChI=1S/C23H23Cl3O3/c1-6-12-7-8-13(18-16(25)10-14(24)11-17(18)26)9-15(12)19-20(27)22(2,3)29-23(4,5)21(19)28/h7-11,19H,6H2,1-5H3. The van der Waals surface area contributed by atoms with Crippen molar-refractivity contribution >= 4 is 46.4 Å². The number of rotatable bonds is 3. The van der Waals surface area contributed by atoms with Gasteiger partial charge < -0.3 is 4.74 Å². The van der Waals surface area contributed by atoms with Crippen molar-refractivity contribution in [3.63, 3.8) is 0 Å². The summed E-state index contributed by atoms with van der Waals surface area (Å²) in [6, 6.07) is 8.90. The van der Waals surface area contributed by atoms with Crippen LogP contribution in [0.1, 0.15) is 51.7 Å². The first-order valence-electron chi connectivity index (χ1n) is 9.45. The van der Waals surface area contributed by atoms with Crippen LogP contribution in [0.25, 0.3) is 11.1 Å². The molecule has 0 aliphatic carbocycles. The Morgan fingerprint density at radius 1 is 0.897 bits per heavy atom. The first-order chi connectivity index (χ1) is 13.4. The second-order valence-corrected chi connectivity index (χ2v) is 9.55. The molecule has 0 N–H and O–H groups in total. The molecule has 1 aliphatic heterocycles. The van der Waals surface area contributed by atoms with E-state index in [9.17, 15) is 9.59 Å². The fourth-order valence-corrected chi connectivity index (χ4v) is 5.03. The Morgan fingerprint density at radius 2 is 1.41 bits per heavy atom. The number of hydrogen-bond acceptors (Lipinski definition) is 3. The normalized spacial score (nSPS) is 18.9. The molecule has 0 atom stereocenters. The van der Waals surface area contributed by atoms with Crippen LogP contribution in [-0.4, -0.2) is 22.8 Å². The maximum Gasteiger partial charge on any atom is 0.179 e. The summed E-state index contributed by atoms with van der Waals surface area (Å²) in [5.41, 5.74) is 0.803. The van der Waals surface area contributed by atoms with E-state index in [1.54, 1.807) is 39.8 Å². The highest BCUT2D eigenvalue weighted by atomic mass is 35.5. The van der Waals surface area contributed by atoms with E-state index in [-0.39, 0.29) is 11.6 Å². The second kappa shape index (κ2) is 7.70. The van der Waals surface area contributed by atoms with E-state index in [2.05, 4.69) is 0 Å². The quantitative estimate of drug-likeness (QED) is 0.486. The molecule has 0 aromatic heterocycles. The maximum atomic E-state index is 13.2. The minimum atomic E-state index is -1.07. The predicted octanol–water partition coefficient (Wildman–Crippen LogP) is 6.69. The Bertz CT molecular complexity index is 959. The predicted molar refractivity (Wildman–Crippen MR) is 118 cm³/mol. The third-order valence-electron chi connectivity index (χ3n) is 5.35. The molecule has 0 bridgehead atoms. The van der Waals surface area contributed by atoms with Gasteiger partial charge in [0, 0.05) is 10.6 Å². The van der Waals surface area contributed by atoms with Crippen molar-refractivity contribution in [3.8, 4) is 11.1 Å². The summed E-state index contributed by atoms with van der Waals surface area (Å²) in [5.74, 6) is -1.41. The largest absolute Gasteiger partial charge is 0.354 e. The lowest BCUT2D eigenvalue weighted by Gasteiger charge is -2.43. The van der Waals surface area contributed by atoms with Gasteiger partial charge in [0.2, 0.25) is 0 Å². The summed E-state index contributed by atoms with van der Waals surface area (Å²) in [4.78, 5) is 26.4. The topological polar surface area (TPSA) is 43.4 Å². The number of ketones is 2. The zero-order chi connectivity index (χ0) is 21.7. The van der Waals surface area contributed by atoms with Crippen molar-refractivity contribution in [2.45, 2.75) is 58.2 Å². The highest BCUT2D eigenvalue weighted by molar-refractivity contribution is 6.41. The molecule has 1 fully saturated rings. The lowest BCUT2D eigenvalue weighted by molar-refractivity contribution is -0.184. The van der Waals surface area contributed by atoms with Crippen LogP contribution in [0.5, 0.6) is 0 Å². The molecule has 3 rings (SSSR count). The molecular weight excluding hydrogens is 431 g/mol. The maximum absolute atomic E-state index is 13.2. The Morgan fingerprint density at radius 3 is 1.90 bits per heavy atom. The van der Waals surface area contributed by atoms with E-state index in [4.69, 9.17) is 39.5 Å². The Labute approximate surface area is 186 Å². The lowest BCUT2D eigenvalue weighted by Crippen LogP contribution is -2.58. The number of benzene rings is 2. The van der Waals surface area contributed by atoms with Gasteiger partial charge in [-0.05, 0) is 69.0 Å². The van der Waals surface area contributed by atoms with Gasteiger partial charge in [-0.1, -0.05) is 53.9 Å². The van der Waals surface area contributed by atoms with Gasteiger partial charge in [-0.3, -0.25) is 9.59 Å². The fraction of sp³-hybridized carbons (Fsp3) is 0.391. The second-order valence-electron chi connectivity index (χ2n) is 8.30. The summed E-state index contributed by atoms with van der Waals surface area (Å²) < 4.78 is 5.82. The molecule has 0 radical (unpaired) electrons. The van der Waals surface area contributed by atoms with Gasteiger partial charge >= 0.3 is 0 Å². The third-order valence-corrected chi connectivity index (χ3v) is 6.17. The summed E-state index contributed by atoms with van der Waals surface area (Å²) in [7, 11) is 0. The molecule has 1 aliphatic rings. The van der Waals surface area contributed by atoms with Gasteiger partial charge in [-0.2, -0.15) is 0 Å². The first-order valence-corrected chi connectivity index (χ1v) is 10.6. The van der Waals surface area contributed by atoms with Gasteiger partial charge in [0.15, 0.2) is 11.6 Å². The van der Waals surface area contributed by atoms with Crippen molar-refractivity contribution in [2.24, 2.45) is 0 Å². The zero-order valence-corrected chi connectivity index (χ0v) is 19.3. The molecule has 1 saturated heterocycles. The molecule has 0 amide bonds. The van der Waals surface area contributed by atoms with Gasteiger partial charge in [-0.15, -0.1) is 0 Å². The van der Waals surface area contributed by atoms with Crippen LogP contribution in [0, 0.1) is 0 Å². The Kier molecular flexibility index (Phi) is 5.92. The monoisotopic (exact) mass is 452 g/mol. The molecular formula is C23H23Cl3O3. The summed E-state index contributed by atoms with van der Waals surface area (Å²) in [6.07, 6.45) is 0.677. The molecule has 0 unspecified atom stereocenters.